The molecule has 0 saturated heterocycles. The van der Waals surface area contributed by atoms with Crippen LogP contribution < -0.4 is 5.32 Å². The fourth-order valence-electron chi connectivity index (χ4n) is 1.37. The van der Waals surface area contributed by atoms with Crippen molar-refractivity contribution in [2.75, 3.05) is 5.32 Å². The van der Waals surface area contributed by atoms with Crippen molar-refractivity contribution in [2.24, 2.45) is 5.92 Å². The number of aromatic nitrogens is 2. The SMILES string of the molecule is CC(C)Cc1nc(Cl)cc(NC(C)(C)C)n1. The van der Waals surface area contributed by atoms with Crippen LogP contribution in [0.25, 0.3) is 0 Å². The third-order valence-corrected chi connectivity index (χ3v) is 2.03. The maximum Gasteiger partial charge on any atom is 0.134 e. The van der Waals surface area contributed by atoms with Gasteiger partial charge >= 0.3 is 0 Å². The summed E-state index contributed by atoms with van der Waals surface area (Å²) in [5, 5.41) is 3.80. The fraction of sp³-hybridized carbons (Fsp3) is 0.667. The van der Waals surface area contributed by atoms with Crippen molar-refractivity contribution in [3.05, 3.63) is 17.0 Å². The number of nitrogens with zero attached hydrogens (tertiary/aromatic N) is 2. The Hall–Kier alpha value is -0.830. The molecule has 3 nitrogen and oxygen atoms in total. The van der Waals surface area contributed by atoms with Crippen LogP contribution in [0.2, 0.25) is 5.15 Å². The molecule has 0 spiro atoms. The molecule has 90 valence electrons. The summed E-state index contributed by atoms with van der Waals surface area (Å²) in [7, 11) is 0. The van der Waals surface area contributed by atoms with Gasteiger partial charge in [-0.15, -0.1) is 0 Å². The highest BCUT2D eigenvalue weighted by Crippen LogP contribution is 2.17. The molecular weight excluding hydrogens is 222 g/mol. The molecule has 4 heteroatoms. The lowest BCUT2D eigenvalue weighted by Gasteiger charge is -2.21. The third kappa shape index (κ3) is 4.79. The second-order valence-corrected chi connectivity index (χ2v) is 5.85. The molecule has 1 aromatic rings. The zero-order valence-electron chi connectivity index (χ0n) is 10.6. The van der Waals surface area contributed by atoms with Crippen molar-refractivity contribution >= 4 is 17.4 Å². The second kappa shape index (κ2) is 5.00. The topological polar surface area (TPSA) is 37.8 Å². The minimum absolute atomic E-state index is 0.0210. The Labute approximate surface area is 103 Å². The normalized spacial score (nSPS) is 11.9. The van der Waals surface area contributed by atoms with Gasteiger partial charge in [-0.25, -0.2) is 9.97 Å². The Morgan fingerprint density at radius 3 is 2.44 bits per heavy atom. The molecule has 0 aliphatic heterocycles. The number of hydrogen-bond acceptors (Lipinski definition) is 3. The Bertz CT molecular complexity index is 356. The van der Waals surface area contributed by atoms with Gasteiger partial charge in [0.1, 0.15) is 16.8 Å². The summed E-state index contributed by atoms with van der Waals surface area (Å²) in [5.74, 6) is 2.12. The maximum atomic E-state index is 5.97. The van der Waals surface area contributed by atoms with E-state index in [9.17, 15) is 0 Å². The molecule has 0 radical (unpaired) electrons. The number of rotatable bonds is 3. The monoisotopic (exact) mass is 241 g/mol. The van der Waals surface area contributed by atoms with Crippen LogP contribution in [-0.2, 0) is 6.42 Å². The van der Waals surface area contributed by atoms with E-state index in [0.717, 1.165) is 18.1 Å². The minimum atomic E-state index is -0.0210. The van der Waals surface area contributed by atoms with Gasteiger partial charge in [-0.1, -0.05) is 25.4 Å². The predicted octanol–water partition coefficient (Wildman–Crippen LogP) is 3.54. The fourth-order valence-corrected chi connectivity index (χ4v) is 1.57. The molecule has 0 aliphatic rings. The first-order chi connectivity index (χ1) is 7.26. The van der Waals surface area contributed by atoms with Crippen LogP contribution in [0.15, 0.2) is 6.07 Å². The first-order valence-corrected chi connectivity index (χ1v) is 5.96. The van der Waals surface area contributed by atoms with E-state index < -0.39 is 0 Å². The Morgan fingerprint density at radius 2 is 1.94 bits per heavy atom. The van der Waals surface area contributed by atoms with Gasteiger partial charge in [-0.2, -0.15) is 0 Å². The molecule has 1 N–H and O–H groups in total. The zero-order chi connectivity index (χ0) is 12.3. The summed E-state index contributed by atoms with van der Waals surface area (Å²) in [6, 6.07) is 1.76. The largest absolute Gasteiger partial charge is 0.365 e. The van der Waals surface area contributed by atoms with Crippen molar-refractivity contribution in [3.8, 4) is 0 Å². The molecule has 0 unspecified atom stereocenters. The van der Waals surface area contributed by atoms with E-state index >= 15 is 0 Å². The Morgan fingerprint density at radius 1 is 1.31 bits per heavy atom. The second-order valence-electron chi connectivity index (χ2n) is 5.47. The molecule has 1 rings (SSSR count). The smallest absolute Gasteiger partial charge is 0.134 e. The van der Waals surface area contributed by atoms with Gasteiger partial charge < -0.3 is 5.32 Å². The molecule has 16 heavy (non-hydrogen) atoms. The van der Waals surface area contributed by atoms with Crippen LogP contribution in [-0.4, -0.2) is 15.5 Å². The molecular formula is C12H20ClN3. The molecule has 0 bridgehead atoms. The van der Waals surface area contributed by atoms with Crippen LogP contribution in [0, 0.1) is 5.92 Å². The zero-order valence-corrected chi connectivity index (χ0v) is 11.4. The lowest BCUT2D eigenvalue weighted by atomic mass is 10.1. The summed E-state index contributed by atoms with van der Waals surface area (Å²) >= 11 is 5.97. The highest BCUT2D eigenvalue weighted by Gasteiger charge is 2.12. The van der Waals surface area contributed by atoms with E-state index in [0.29, 0.717) is 11.1 Å². The van der Waals surface area contributed by atoms with Crippen LogP contribution in [0.3, 0.4) is 0 Å². The van der Waals surface area contributed by atoms with E-state index in [4.69, 9.17) is 11.6 Å². The van der Waals surface area contributed by atoms with Gasteiger partial charge in [0.05, 0.1) is 0 Å². The van der Waals surface area contributed by atoms with Crippen LogP contribution in [0.4, 0.5) is 5.82 Å². The summed E-state index contributed by atoms with van der Waals surface area (Å²) in [4.78, 5) is 8.67. The Balaban J connectivity index is 2.90. The summed E-state index contributed by atoms with van der Waals surface area (Å²) in [6.45, 7) is 10.5. The quantitative estimate of drug-likeness (QED) is 0.823. The molecule has 0 fully saturated rings. The molecule has 0 aliphatic carbocycles. The number of nitrogens with one attached hydrogen (secondary N) is 1. The number of anilines is 1. The van der Waals surface area contributed by atoms with Gasteiger partial charge in [0.15, 0.2) is 0 Å². The summed E-state index contributed by atoms with van der Waals surface area (Å²) in [6.07, 6.45) is 0.847. The van der Waals surface area contributed by atoms with Crippen molar-refractivity contribution < 1.29 is 0 Å². The van der Waals surface area contributed by atoms with Gasteiger partial charge in [-0.05, 0) is 26.7 Å². The van der Waals surface area contributed by atoms with Crippen molar-refractivity contribution in [1.82, 2.24) is 9.97 Å². The molecule has 1 aromatic heterocycles. The van der Waals surface area contributed by atoms with Crippen LogP contribution >= 0.6 is 11.6 Å². The van der Waals surface area contributed by atoms with Crippen molar-refractivity contribution in [1.29, 1.82) is 0 Å². The first-order valence-electron chi connectivity index (χ1n) is 5.58. The highest BCUT2D eigenvalue weighted by molar-refractivity contribution is 6.29. The van der Waals surface area contributed by atoms with Crippen LogP contribution in [0.5, 0.6) is 0 Å². The van der Waals surface area contributed by atoms with Crippen molar-refractivity contribution in [2.45, 2.75) is 46.6 Å². The van der Waals surface area contributed by atoms with E-state index in [1.54, 1.807) is 6.07 Å². The van der Waals surface area contributed by atoms with E-state index in [-0.39, 0.29) is 5.54 Å². The maximum absolute atomic E-state index is 5.97. The Kier molecular flexibility index (Phi) is 4.14. The summed E-state index contributed by atoms with van der Waals surface area (Å²) in [5.41, 5.74) is -0.0210. The molecule has 0 saturated carbocycles. The summed E-state index contributed by atoms with van der Waals surface area (Å²) < 4.78 is 0. The molecule has 0 amide bonds. The van der Waals surface area contributed by atoms with Crippen LogP contribution in [0.1, 0.15) is 40.4 Å². The van der Waals surface area contributed by atoms with E-state index in [1.807, 2.05) is 0 Å². The molecule has 1 heterocycles. The van der Waals surface area contributed by atoms with Gasteiger partial charge in [-0.3, -0.25) is 0 Å². The number of hydrogen-bond donors (Lipinski definition) is 1. The highest BCUT2D eigenvalue weighted by atomic mass is 35.5. The average molecular weight is 242 g/mol. The number of halogens is 1. The standard InChI is InChI=1S/C12H20ClN3/c1-8(2)6-10-14-9(13)7-11(15-10)16-12(3,4)5/h7-8H,6H2,1-5H3,(H,14,15,16). The predicted molar refractivity (Wildman–Crippen MR) is 69.0 cm³/mol. The first kappa shape index (κ1) is 13.2. The van der Waals surface area contributed by atoms with Gasteiger partial charge in [0.25, 0.3) is 0 Å². The van der Waals surface area contributed by atoms with E-state index in [2.05, 4.69) is 49.9 Å². The van der Waals surface area contributed by atoms with Gasteiger partial charge in [0.2, 0.25) is 0 Å². The lowest BCUT2D eigenvalue weighted by molar-refractivity contribution is 0.611. The molecule has 0 aromatic carbocycles. The average Bonchev–Trinajstić information content (AvgIpc) is 1.96. The van der Waals surface area contributed by atoms with E-state index in [1.165, 1.54) is 0 Å². The van der Waals surface area contributed by atoms with Crippen molar-refractivity contribution in [3.63, 3.8) is 0 Å². The van der Waals surface area contributed by atoms with Gasteiger partial charge in [0, 0.05) is 18.0 Å². The molecule has 0 atom stereocenters. The minimum Gasteiger partial charge on any atom is -0.365 e. The third-order valence-electron chi connectivity index (χ3n) is 1.84. The lowest BCUT2D eigenvalue weighted by Crippen LogP contribution is -2.27.